The van der Waals surface area contributed by atoms with Gasteiger partial charge in [0.05, 0.1) is 4.92 Å². The number of nitrogens with one attached hydrogen (secondary N) is 1. The van der Waals surface area contributed by atoms with Crippen molar-refractivity contribution in [1.29, 1.82) is 0 Å². The van der Waals surface area contributed by atoms with Gasteiger partial charge in [0.1, 0.15) is 17.9 Å². The Labute approximate surface area is 156 Å². The normalized spacial score (nSPS) is 10.7. The fourth-order valence-electron chi connectivity index (χ4n) is 2.39. The van der Waals surface area contributed by atoms with Crippen molar-refractivity contribution in [2.45, 2.75) is 26.7 Å². The summed E-state index contributed by atoms with van der Waals surface area (Å²) in [5.41, 5.74) is 1.77. The molecule has 0 fully saturated rings. The SMILES string of the molecule is Cc1ccc(Nc2ncnc(Oc3ccc(C(C)C)cc3)c2[N+](=O)[O-])nc1. The topological polar surface area (TPSA) is 103 Å². The Bertz CT molecular complexity index is 941. The summed E-state index contributed by atoms with van der Waals surface area (Å²) in [5, 5.41) is 14.5. The summed E-state index contributed by atoms with van der Waals surface area (Å²) in [4.78, 5) is 23.1. The van der Waals surface area contributed by atoms with Crippen LogP contribution in [0.25, 0.3) is 0 Å². The molecule has 27 heavy (non-hydrogen) atoms. The quantitative estimate of drug-likeness (QED) is 0.496. The minimum absolute atomic E-state index is 0.0140. The van der Waals surface area contributed by atoms with Crippen LogP contribution in [-0.2, 0) is 0 Å². The second-order valence-corrected chi connectivity index (χ2v) is 6.30. The highest BCUT2D eigenvalue weighted by Gasteiger charge is 2.25. The van der Waals surface area contributed by atoms with Crippen molar-refractivity contribution >= 4 is 17.3 Å². The molecule has 0 atom stereocenters. The predicted molar refractivity (Wildman–Crippen MR) is 102 cm³/mol. The van der Waals surface area contributed by atoms with Gasteiger partial charge in [-0.3, -0.25) is 10.1 Å². The van der Waals surface area contributed by atoms with Crippen LogP contribution < -0.4 is 10.1 Å². The molecule has 1 N–H and O–H groups in total. The zero-order valence-electron chi connectivity index (χ0n) is 15.2. The first kappa shape index (κ1) is 18.2. The summed E-state index contributed by atoms with van der Waals surface area (Å²) < 4.78 is 5.65. The summed E-state index contributed by atoms with van der Waals surface area (Å²) in [5.74, 6) is 1.16. The average Bonchev–Trinajstić information content (AvgIpc) is 2.64. The standard InChI is InChI=1S/C19H19N5O3/c1-12(2)14-5-7-15(8-6-14)27-19-17(24(25)26)18(21-11-22-19)23-16-9-4-13(3)10-20-16/h4-12H,1-3H3,(H,20,21,22,23). The first-order valence-electron chi connectivity index (χ1n) is 8.41. The number of anilines is 2. The first-order chi connectivity index (χ1) is 12.9. The van der Waals surface area contributed by atoms with E-state index in [2.05, 4.69) is 34.1 Å². The number of nitro groups is 1. The van der Waals surface area contributed by atoms with Crippen LogP contribution in [0.4, 0.5) is 17.3 Å². The Morgan fingerprint density at radius 2 is 1.81 bits per heavy atom. The molecule has 0 amide bonds. The first-order valence-corrected chi connectivity index (χ1v) is 8.41. The van der Waals surface area contributed by atoms with Gasteiger partial charge < -0.3 is 10.1 Å². The fourth-order valence-corrected chi connectivity index (χ4v) is 2.39. The number of pyridine rings is 1. The Kier molecular flexibility index (Phi) is 5.25. The van der Waals surface area contributed by atoms with Crippen molar-refractivity contribution in [3.05, 3.63) is 70.2 Å². The van der Waals surface area contributed by atoms with E-state index in [1.54, 1.807) is 24.4 Å². The van der Waals surface area contributed by atoms with Gasteiger partial charge >= 0.3 is 11.6 Å². The van der Waals surface area contributed by atoms with E-state index in [0.29, 0.717) is 17.5 Å². The lowest BCUT2D eigenvalue weighted by molar-refractivity contribution is -0.385. The Hall–Kier alpha value is -3.55. The number of rotatable bonds is 6. The van der Waals surface area contributed by atoms with Crippen molar-refractivity contribution in [1.82, 2.24) is 15.0 Å². The minimum atomic E-state index is -0.575. The highest BCUT2D eigenvalue weighted by molar-refractivity contribution is 5.67. The summed E-state index contributed by atoms with van der Waals surface area (Å²) in [6.45, 7) is 6.07. The lowest BCUT2D eigenvalue weighted by Gasteiger charge is -2.10. The molecule has 1 aromatic carbocycles. The predicted octanol–water partition coefficient (Wildman–Crippen LogP) is 4.75. The smallest absolute Gasteiger partial charge is 0.373 e. The van der Waals surface area contributed by atoms with E-state index in [0.717, 1.165) is 11.1 Å². The number of hydrogen-bond donors (Lipinski definition) is 1. The van der Waals surface area contributed by atoms with Crippen molar-refractivity contribution in [3.63, 3.8) is 0 Å². The fraction of sp³-hybridized carbons (Fsp3) is 0.211. The van der Waals surface area contributed by atoms with E-state index in [9.17, 15) is 10.1 Å². The highest BCUT2D eigenvalue weighted by atomic mass is 16.6. The third-order valence-corrected chi connectivity index (χ3v) is 3.89. The maximum atomic E-state index is 11.6. The van der Waals surface area contributed by atoms with Gasteiger partial charge in [0.2, 0.25) is 5.82 Å². The lowest BCUT2D eigenvalue weighted by Crippen LogP contribution is -2.04. The molecule has 3 aromatic rings. The van der Waals surface area contributed by atoms with E-state index in [-0.39, 0.29) is 17.4 Å². The second kappa shape index (κ2) is 7.77. The van der Waals surface area contributed by atoms with Gasteiger partial charge in [0, 0.05) is 6.20 Å². The summed E-state index contributed by atoms with van der Waals surface area (Å²) in [6.07, 6.45) is 2.87. The summed E-state index contributed by atoms with van der Waals surface area (Å²) >= 11 is 0. The van der Waals surface area contributed by atoms with Gasteiger partial charge in [0.15, 0.2) is 0 Å². The molecule has 0 saturated heterocycles. The van der Waals surface area contributed by atoms with Crippen LogP contribution in [-0.4, -0.2) is 19.9 Å². The third-order valence-electron chi connectivity index (χ3n) is 3.89. The Morgan fingerprint density at radius 3 is 2.41 bits per heavy atom. The summed E-state index contributed by atoms with van der Waals surface area (Å²) in [7, 11) is 0. The summed E-state index contributed by atoms with van der Waals surface area (Å²) in [6, 6.07) is 10.9. The van der Waals surface area contributed by atoms with E-state index < -0.39 is 4.92 Å². The van der Waals surface area contributed by atoms with Gasteiger partial charge in [-0.25, -0.2) is 9.97 Å². The molecule has 0 unspecified atom stereocenters. The largest absolute Gasteiger partial charge is 0.434 e. The van der Waals surface area contributed by atoms with Crippen molar-refractivity contribution in [2.24, 2.45) is 0 Å². The molecular weight excluding hydrogens is 346 g/mol. The molecule has 8 heteroatoms. The molecule has 2 aromatic heterocycles. The molecule has 3 rings (SSSR count). The Balaban J connectivity index is 1.91. The molecule has 8 nitrogen and oxygen atoms in total. The van der Waals surface area contributed by atoms with Crippen molar-refractivity contribution < 1.29 is 9.66 Å². The maximum Gasteiger partial charge on any atom is 0.373 e. The monoisotopic (exact) mass is 365 g/mol. The van der Waals surface area contributed by atoms with Crippen LogP contribution in [0.2, 0.25) is 0 Å². The molecule has 0 radical (unpaired) electrons. The second-order valence-electron chi connectivity index (χ2n) is 6.30. The number of aryl methyl sites for hydroxylation is 1. The van der Waals surface area contributed by atoms with Crippen LogP contribution >= 0.6 is 0 Å². The molecule has 0 spiro atoms. The van der Waals surface area contributed by atoms with Gasteiger partial charge in [0.25, 0.3) is 0 Å². The van der Waals surface area contributed by atoms with E-state index in [4.69, 9.17) is 4.74 Å². The van der Waals surface area contributed by atoms with Crippen LogP contribution in [0.15, 0.2) is 48.9 Å². The van der Waals surface area contributed by atoms with E-state index in [1.807, 2.05) is 25.1 Å². The van der Waals surface area contributed by atoms with E-state index in [1.165, 1.54) is 6.33 Å². The van der Waals surface area contributed by atoms with E-state index >= 15 is 0 Å². The number of benzene rings is 1. The Morgan fingerprint density at radius 1 is 1.07 bits per heavy atom. The zero-order chi connectivity index (χ0) is 19.4. The third kappa shape index (κ3) is 4.35. The number of aromatic nitrogens is 3. The molecule has 0 bridgehead atoms. The van der Waals surface area contributed by atoms with Gasteiger partial charge in [-0.2, -0.15) is 4.98 Å². The molecule has 0 aliphatic heterocycles. The van der Waals surface area contributed by atoms with Gasteiger partial charge in [-0.1, -0.05) is 32.0 Å². The van der Waals surface area contributed by atoms with Crippen LogP contribution in [0.1, 0.15) is 30.9 Å². The van der Waals surface area contributed by atoms with Crippen LogP contribution in [0.3, 0.4) is 0 Å². The molecule has 2 heterocycles. The lowest BCUT2D eigenvalue weighted by atomic mass is 10.0. The minimum Gasteiger partial charge on any atom is -0.434 e. The number of hydrogen-bond acceptors (Lipinski definition) is 7. The maximum absolute atomic E-state index is 11.6. The van der Waals surface area contributed by atoms with Gasteiger partial charge in [-0.05, 0) is 42.2 Å². The molecule has 138 valence electrons. The highest BCUT2D eigenvalue weighted by Crippen LogP contribution is 2.35. The molecular formula is C19H19N5O3. The molecule has 0 saturated carbocycles. The zero-order valence-corrected chi connectivity index (χ0v) is 15.2. The van der Waals surface area contributed by atoms with Crippen molar-refractivity contribution in [2.75, 3.05) is 5.32 Å². The average molecular weight is 365 g/mol. The van der Waals surface area contributed by atoms with Crippen LogP contribution in [0, 0.1) is 17.0 Å². The van der Waals surface area contributed by atoms with Crippen LogP contribution in [0.5, 0.6) is 11.6 Å². The van der Waals surface area contributed by atoms with Gasteiger partial charge in [-0.15, -0.1) is 0 Å². The number of nitrogens with zero attached hydrogens (tertiary/aromatic N) is 4. The number of ether oxygens (including phenoxy) is 1. The molecule has 0 aliphatic rings. The molecule has 0 aliphatic carbocycles. The van der Waals surface area contributed by atoms with Crippen molar-refractivity contribution in [3.8, 4) is 11.6 Å².